The smallest absolute Gasteiger partial charge is 0.267 e. The molecule has 2 atom stereocenters. The number of halogens is 2. The highest BCUT2D eigenvalue weighted by Gasteiger charge is 2.23. The van der Waals surface area contributed by atoms with Crippen LogP contribution in [-0.2, 0) is 0 Å². The normalized spacial score (nSPS) is 17.3. The fourth-order valence-corrected chi connectivity index (χ4v) is 7.35. The van der Waals surface area contributed by atoms with E-state index in [-0.39, 0.29) is 17.8 Å². The summed E-state index contributed by atoms with van der Waals surface area (Å²) in [5.41, 5.74) is 17.3. The zero-order valence-electron chi connectivity index (χ0n) is 29.1. The molecule has 4 aromatic heterocycles. The number of nitrogens with one attached hydrogen (secondary N) is 4. The number of rotatable bonds is 8. The molecular weight excluding hydrogens is 760 g/mol. The van der Waals surface area contributed by atoms with E-state index in [0.29, 0.717) is 38.2 Å². The van der Waals surface area contributed by atoms with Gasteiger partial charge in [-0.15, -0.1) is 0 Å². The average molecular weight is 800 g/mol. The molecule has 2 aliphatic rings. The van der Waals surface area contributed by atoms with Gasteiger partial charge in [0.15, 0.2) is 22.9 Å². The van der Waals surface area contributed by atoms with Crippen molar-refractivity contribution < 1.29 is 9.59 Å². The maximum Gasteiger partial charge on any atom is 0.267 e. The fraction of sp³-hybridized carbons (Fsp3) is 0.297. The Morgan fingerprint density at radius 3 is 1.94 bits per heavy atom. The fourth-order valence-electron chi connectivity index (χ4n) is 6.55. The van der Waals surface area contributed by atoms with Gasteiger partial charge in [-0.2, -0.15) is 0 Å². The molecule has 0 spiro atoms. The molecule has 14 nitrogen and oxygen atoms in total. The van der Waals surface area contributed by atoms with E-state index in [4.69, 9.17) is 28.1 Å². The van der Waals surface area contributed by atoms with Gasteiger partial charge in [-0.25, -0.2) is 19.9 Å². The van der Waals surface area contributed by atoms with Crippen LogP contribution in [0.15, 0.2) is 71.7 Å². The summed E-state index contributed by atoms with van der Waals surface area (Å²) in [4.78, 5) is 42.0. The monoisotopic (exact) mass is 798 g/mol. The second-order valence-corrected chi connectivity index (χ2v) is 14.4. The van der Waals surface area contributed by atoms with Gasteiger partial charge >= 0.3 is 0 Å². The molecule has 0 saturated carbocycles. The highest BCUT2D eigenvalue weighted by molar-refractivity contribution is 9.10. The summed E-state index contributed by atoms with van der Waals surface area (Å²) in [5.74, 6) is 0.192. The number of imidazole rings is 2. The van der Waals surface area contributed by atoms with E-state index < -0.39 is 11.8 Å². The number of primary amides is 2. The quantitative estimate of drug-likeness (QED) is 0.121. The minimum Gasteiger partial charge on any atom is -0.364 e. The minimum atomic E-state index is -0.549. The third-order valence-electron chi connectivity index (χ3n) is 9.33. The van der Waals surface area contributed by atoms with Gasteiger partial charge in [-0.3, -0.25) is 18.4 Å². The third kappa shape index (κ3) is 7.98. The van der Waals surface area contributed by atoms with Gasteiger partial charge in [0.25, 0.3) is 11.8 Å². The zero-order valence-corrected chi connectivity index (χ0v) is 31.4. The summed E-state index contributed by atoms with van der Waals surface area (Å²) < 4.78 is 4.10. The molecule has 0 bridgehead atoms. The van der Waals surface area contributed by atoms with Crippen LogP contribution in [0, 0.1) is 6.92 Å². The van der Waals surface area contributed by atoms with Gasteiger partial charge in [0.2, 0.25) is 0 Å². The molecule has 16 heteroatoms. The Bertz CT molecular complexity index is 2260. The van der Waals surface area contributed by atoms with Crippen molar-refractivity contribution in [1.29, 1.82) is 0 Å². The number of nitrogens with two attached hydrogens (primary N) is 2. The molecule has 8 rings (SSSR count). The molecule has 0 radical (unpaired) electrons. The van der Waals surface area contributed by atoms with Crippen molar-refractivity contribution in [2.45, 2.75) is 44.7 Å². The maximum absolute atomic E-state index is 11.9. The first-order chi connectivity index (χ1) is 25.7. The van der Waals surface area contributed by atoms with Crippen LogP contribution in [0.1, 0.15) is 52.2 Å². The van der Waals surface area contributed by atoms with Crippen molar-refractivity contribution in [3.05, 3.63) is 93.7 Å². The van der Waals surface area contributed by atoms with E-state index >= 15 is 0 Å². The lowest BCUT2D eigenvalue weighted by Crippen LogP contribution is -2.38. The van der Waals surface area contributed by atoms with Gasteiger partial charge in [0.05, 0.1) is 18.1 Å². The summed E-state index contributed by atoms with van der Waals surface area (Å²) >= 11 is 9.58. The van der Waals surface area contributed by atoms with Crippen molar-refractivity contribution in [2.75, 3.05) is 36.8 Å². The zero-order chi connectivity index (χ0) is 37.1. The number of benzene rings is 2. The van der Waals surface area contributed by atoms with Crippen molar-refractivity contribution in [3.8, 4) is 22.5 Å². The second-order valence-electron chi connectivity index (χ2n) is 13.2. The Morgan fingerprint density at radius 2 is 1.38 bits per heavy atom. The van der Waals surface area contributed by atoms with E-state index in [1.165, 1.54) is 18.0 Å². The number of amides is 2. The molecule has 8 N–H and O–H groups in total. The van der Waals surface area contributed by atoms with Crippen molar-refractivity contribution >= 4 is 62.3 Å². The molecule has 2 saturated heterocycles. The Labute approximate surface area is 319 Å². The molecule has 0 aliphatic carbocycles. The number of hydrogen-bond acceptors (Lipinski definition) is 10. The number of aromatic nitrogens is 6. The number of hydrogen-bond donors (Lipinski definition) is 6. The molecule has 2 aliphatic heterocycles. The van der Waals surface area contributed by atoms with Crippen LogP contribution in [0.5, 0.6) is 0 Å². The number of piperidine rings is 2. The summed E-state index contributed by atoms with van der Waals surface area (Å²) in [6, 6.07) is 16.0. The lowest BCUT2D eigenvalue weighted by molar-refractivity contribution is 0.0985. The largest absolute Gasteiger partial charge is 0.364 e. The molecule has 2 aromatic carbocycles. The summed E-state index contributed by atoms with van der Waals surface area (Å²) in [5, 5.41) is 14.3. The van der Waals surface area contributed by atoms with Crippen molar-refractivity contribution in [2.24, 2.45) is 11.5 Å². The van der Waals surface area contributed by atoms with E-state index in [9.17, 15) is 9.59 Å². The molecule has 53 heavy (non-hydrogen) atoms. The molecule has 6 aromatic rings. The standard InChI is InChI=1S/C19H21BrN6O.C18H19ClN6O/c1-11-4-6-12(7-5-11)15-16(20)26-14(17(21)27)10-23-18(19(26)25-15)24-13-3-2-8-22-9-13;19-12-5-3-11(4-6-12)14-10-25-15(16(20)26)9-22-17(18(25)24-14)23-13-2-1-7-21-8-13/h4-7,10,13,22H,2-3,8-9H2,1H3,(H2,21,27)(H,23,24);3-6,9-10,13,21H,1-2,7-8H2,(H2,20,26)(H,22,23)/t2*13-/m11/s1. The van der Waals surface area contributed by atoms with Crippen molar-refractivity contribution in [3.63, 3.8) is 0 Å². The van der Waals surface area contributed by atoms with Crippen LogP contribution >= 0.6 is 27.5 Å². The first kappa shape index (κ1) is 36.3. The molecule has 2 amide bonds. The van der Waals surface area contributed by atoms with E-state index in [2.05, 4.69) is 52.1 Å². The van der Waals surface area contributed by atoms with E-state index in [0.717, 1.165) is 74.4 Å². The summed E-state index contributed by atoms with van der Waals surface area (Å²) in [6.07, 6.45) is 9.12. The summed E-state index contributed by atoms with van der Waals surface area (Å²) in [6.45, 7) is 5.85. The van der Waals surface area contributed by atoms with Crippen LogP contribution in [0.4, 0.5) is 11.6 Å². The highest BCUT2D eigenvalue weighted by atomic mass is 79.9. The Hall–Kier alpha value is -5.09. The van der Waals surface area contributed by atoms with Crippen LogP contribution in [0.2, 0.25) is 5.02 Å². The number of nitrogens with zero attached hydrogens (tertiary/aromatic N) is 6. The average Bonchev–Trinajstić information content (AvgIpc) is 3.76. The number of carbonyl (C=O) groups excluding carboxylic acids is 2. The Balaban J connectivity index is 0.000000164. The number of carbonyl (C=O) groups is 2. The third-order valence-corrected chi connectivity index (χ3v) is 10.3. The van der Waals surface area contributed by atoms with Gasteiger partial charge in [0, 0.05) is 47.5 Å². The molecule has 0 unspecified atom stereocenters. The first-order valence-corrected chi connectivity index (χ1v) is 18.7. The highest BCUT2D eigenvalue weighted by Crippen LogP contribution is 2.32. The predicted molar refractivity (Wildman–Crippen MR) is 210 cm³/mol. The van der Waals surface area contributed by atoms with Gasteiger partial charge < -0.3 is 32.7 Å². The second kappa shape index (κ2) is 15.9. The molecular formula is C37H40BrClN12O2. The maximum atomic E-state index is 11.9. The SMILES string of the molecule is Cc1ccc(-c2nc3c(N[C@@H]4CCCNC4)ncc(C(N)=O)n3c2Br)cc1.NC(=O)c1cnc(N[C@@H]2CCCNC2)c2nc(-c3ccc(Cl)cc3)cn12. The van der Waals surface area contributed by atoms with Crippen LogP contribution in [0.25, 0.3) is 33.8 Å². The van der Waals surface area contributed by atoms with E-state index in [1.54, 1.807) is 27.1 Å². The summed E-state index contributed by atoms with van der Waals surface area (Å²) in [7, 11) is 0. The van der Waals surface area contributed by atoms with E-state index in [1.807, 2.05) is 43.3 Å². The van der Waals surface area contributed by atoms with Gasteiger partial charge in [-0.05, 0) is 73.8 Å². The molecule has 2 fully saturated rings. The Morgan fingerprint density at radius 1 is 0.811 bits per heavy atom. The predicted octanol–water partition coefficient (Wildman–Crippen LogP) is 5.04. The lowest BCUT2D eigenvalue weighted by Gasteiger charge is -2.24. The van der Waals surface area contributed by atoms with Gasteiger partial charge in [0.1, 0.15) is 21.7 Å². The van der Waals surface area contributed by atoms with Crippen LogP contribution in [0.3, 0.4) is 0 Å². The van der Waals surface area contributed by atoms with Crippen LogP contribution in [-0.4, -0.2) is 78.8 Å². The molecule has 274 valence electrons. The Kier molecular flexibility index (Phi) is 10.9. The topological polar surface area (TPSA) is 195 Å². The minimum absolute atomic E-state index is 0.271. The number of aryl methyl sites for hydroxylation is 1. The molecule has 6 heterocycles. The van der Waals surface area contributed by atoms with Gasteiger partial charge in [-0.1, -0.05) is 53.6 Å². The lowest BCUT2D eigenvalue weighted by atomic mass is 10.1. The first-order valence-electron chi connectivity index (χ1n) is 17.5. The van der Waals surface area contributed by atoms with Crippen LogP contribution < -0.4 is 32.7 Å². The number of fused-ring (bicyclic) bond motifs is 2. The van der Waals surface area contributed by atoms with Crippen molar-refractivity contribution in [1.82, 2.24) is 39.4 Å². The number of anilines is 2.